The van der Waals surface area contributed by atoms with Gasteiger partial charge in [-0.1, -0.05) is 19.9 Å². The van der Waals surface area contributed by atoms with Crippen molar-refractivity contribution in [1.82, 2.24) is 10.3 Å². The van der Waals surface area contributed by atoms with Gasteiger partial charge in [0.1, 0.15) is 5.52 Å². The summed E-state index contributed by atoms with van der Waals surface area (Å²) in [6.07, 6.45) is 3.16. The molecule has 1 amide bonds. The van der Waals surface area contributed by atoms with Gasteiger partial charge in [0.15, 0.2) is 11.7 Å². The predicted octanol–water partition coefficient (Wildman–Crippen LogP) is 2.34. The first-order valence-electron chi connectivity index (χ1n) is 10.2. The van der Waals surface area contributed by atoms with Crippen LogP contribution in [0.5, 0.6) is 0 Å². The summed E-state index contributed by atoms with van der Waals surface area (Å²) in [6, 6.07) is 4.85. The number of carbonyl (C=O) groups excluding carboxylic acids is 1. The predicted molar refractivity (Wildman–Crippen MR) is 109 cm³/mol. The summed E-state index contributed by atoms with van der Waals surface area (Å²) in [5.41, 5.74) is 14.1. The van der Waals surface area contributed by atoms with Crippen LogP contribution in [0.2, 0.25) is 0 Å². The third-order valence-electron chi connectivity index (χ3n) is 5.22. The highest BCUT2D eigenvalue weighted by Crippen LogP contribution is 2.41. The molecule has 1 aliphatic carbocycles. The molecule has 0 bridgehead atoms. The molecule has 1 saturated carbocycles. The number of oxazole rings is 1. The molecule has 1 aromatic carbocycles. The van der Waals surface area contributed by atoms with Gasteiger partial charge in [0.2, 0.25) is 11.8 Å². The molecule has 0 radical (unpaired) electrons. The summed E-state index contributed by atoms with van der Waals surface area (Å²) in [4.78, 5) is 16.9. The Morgan fingerprint density at radius 1 is 1.39 bits per heavy atom. The molecule has 0 spiro atoms. The fraction of sp³-hybridized carbons (Fsp3) is 0.619. The van der Waals surface area contributed by atoms with Crippen LogP contribution in [0, 0.1) is 5.92 Å². The number of amides is 1. The second-order valence-electron chi connectivity index (χ2n) is 8.28. The fourth-order valence-corrected chi connectivity index (χ4v) is 3.46. The summed E-state index contributed by atoms with van der Waals surface area (Å²) in [6.45, 7) is 4.56. The van der Waals surface area contributed by atoms with E-state index in [1.165, 1.54) is 18.4 Å². The lowest BCUT2D eigenvalue weighted by Gasteiger charge is -2.25. The van der Waals surface area contributed by atoms with Gasteiger partial charge in [0.05, 0.1) is 12.1 Å². The SMILES string of the molecule is CC(C)C[C@@H](NC(=O)[C@H](N)CCCN)C(O)c1nc2ccc(C3CC3)cc2o1. The Kier molecular flexibility index (Phi) is 6.69. The number of carbonyl (C=O) groups is 1. The maximum atomic E-state index is 12.4. The van der Waals surface area contributed by atoms with Gasteiger partial charge in [-0.25, -0.2) is 4.98 Å². The maximum Gasteiger partial charge on any atom is 0.237 e. The van der Waals surface area contributed by atoms with E-state index in [9.17, 15) is 9.90 Å². The van der Waals surface area contributed by atoms with Crippen molar-refractivity contribution in [1.29, 1.82) is 0 Å². The highest BCUT2D eigenvalue weighted by Gasteiger charge is 2.30. The van der Waals surface area contributed by atoms with Gasteiger partial charge in [-0.05, 0) is 68.2 Å². The number of hydrogen-bond donors (Lipinski definition) is 4. The molecule has 0 saturated heterocycles. The van der Waals surface area contributed by atoms with Crippen LogP contribution in [0.4, 0.5) is 0 Å². The van der Waals surface area contributed by atoms with E-state index >= 15 is 0 Å². The molecule has 2 aromatic rings. The van der Waals surface area contributed by atoms with Crippen LogP contribution in [0.15, 0.2) is 22.6 Å². The van der Waals surface area contributed by atoms with Crippen LogP contribution < -0.4 is 16.8 Å². The summed E-state index contributed by atoms with van der Waals surface area (Å²) < 4.78 is 5.86. The van der Waals surface area contributed by atoms with Crippen molar-refractivity contribution >= 4 is 17.0 Å². The first kappa shape index (κ1) is 20.8. The molecular formula is C21H32N4O3. The Balaban J connectivity index is 1.75. The number of hydrogen-bond acceptors (Lipinski definition) is 6. The number of nitrogens with zero attached hydrogens (tertiary/aromatic N) is 1. The molecule has 7 heteroatoms. The number of aliphatic hydroxyl groups is 1. The average molecular weight is 389 g/mol. The van der Waals surface area contributed by atoms with Crippen molar-refractivity contribution in [3.8, 4) is 0 Å². The van der Waals surface area contributed by atoms with E-state index in [2.05, 4.69) is 16.4 Å². The van der Waals surface area contributed by atoms with E-state index in [-0.39, 0.29) is 17.7 Å². The monoisotopic (exact) mass is 388 g/mol. The largest absolute Gasteiger partial charge is 0.438 e. The van der Waals surface area contributed by atoms with Gasteiger partial charge in [0.25, 0.3) is 0 Å². The Hall–Kier alpha value is -1.96. The molecule has 6 N–H and O–H groups in total. The van der Waals surface area contributed by atoms with E-state index in [4.69, 9.17) is 15.9 Å². The van der Waals surface area contributed by atoms with Gasteiger partial charge in [-0.2, -0.15) is 0 Å². The third kappa shape index (κ3) is 5.10. The number of rotatable bonds is 10. The molecule has 1 heterocycles. The normalized spacial score (nSPS) is 17.6. The van der Waals surface area contributed by atoms with Crippen LogP contribution >= 0.6 is 0 Å². The van der Waals surface area contributed by atoms with Crippen LogP contribution in [-0.4, -0.2) is 34.6 Å². The Bertz CT molecular complexity index is 800. The van der Waals surface area contributed by atoms with Crippen molar-refractivity contribution in [3.63, 3.8) is 0 Å². The molecule has 7 nitrogen and oxygen atoms in total. The van der Waals surface area contributed by atoms with Gasteiger partial charge in [0, 0.05) is 0 Å². The Morgan fingerprint density at radius 3 is 2.79 bits per heavy atom. The molecule has 3 rings (SSSR count). The average Bonchev–Trinajstić information content (AvgIpc) is 3.42. The lowest BCUT2D eigenvalue weighted by molar-refractivity contribution is -0.124. The fourth-order valence-electron chi connectivity index (χ4n) is 3.46. The smallest absolute Gasteiger partial charge is 0.237 e. The summed E-state index contributed by atoms with van der Waals surface area (Å²) in [7, 11) is 0. The third-order valence-corrected chi connectivity index (χ3v) is 5.22. The van der Waals surface area contributed by atoms with Crippen molar-refractivity contribution in [2.75, 3.05) is 6.54 Å². The van der Waals surface area contributed by atoms with E-state index in [1.54, 1.807) is 0 Å². The summed E-state index contributed by atoms with van der Waals surface area (Å²) in [5, 5.41) is 13.8. The van der Waals surface area contributed by atoms with Crippen molar-refractivity contribution in [2.24, 2.45) is 17.4 Å². The lowest BCUT2D eigenvalue weighted by Crippen LogP contribution is -2.48. The van der Waals surface area contributed by atoms with Crippen LogP contribution in [0.1, 0.15) is 69.4 Å². The van der Waals surface area contributed by atoms with Crippen LogP contribution in [0.25, 0.3) is 11.1 Å². The van der Waals surface area contributed by atoms with E-state index in [0.717, 1.165) is 0 Å². The van der Waals surface area contributed by atoms with Crippen LogP contribution in [0.3, 0.4) is 0 Å². The Labute approximate surface area is 165 Å². The number of nitrogens with one attached hydrogen (secondary N) is 1. The van der Waals surface area contributed by atoms with Gasteiger partial charge < -0.3 is 26.3 Å². The molecular weight excluding hydrogens is 356 g/mol. The molecule has 3 atom stereocenters. The molecule has 1 aliphatic rings. The molecule has 1 aromatic heterocycles. The highest BCUT2D eigenvalue weighted by atomic mass is 16.4. The quantitative estimate of drug-likeness (QED) is 0.495. The van der Waals surface area contributed by atoms with Gasteiger partial charge >= 0.3 is 0 Å². The zero-order chi connectivity index (χ0) is 20.3. The molecule has 28 heavy (non-hydrogen) atoms. The lowest BCUT2D eigenvalue weighted by atomic mass is 9.98. The highest BCUT2D eigenvalue weighted by molar-refractivity contribution is 5.81. The minimum atomic E-state index is -1.04. The number of fused-ring (bicyclic) bond motifs is 1. The number of aromatic nitrogens is 1. The summed E-state index contributed by atoms with van der Waals surface area (Å²) in [5.74, 6) is 0.826. The van der Waals surface area contributed by atoms with Crippen molar-refractivity contribution in [3.05, 3.63) is 29.7 Å². The standard InChI is InChI=1S/C21H32N4O3/c1-12(2)10-17(24-20(27)15(23)4-3-9-22)19(26)21-25-16-8-7-14(13-5-6-13)11-18(16)28-21/h7-8,11-13,15,17,19,26H,3-6,9-10,22-23H2,1-2H3,(H,24,27)/t15-,17-,19?/m1/s1. The second kappa shape index (κ2) is 9.03. The van der Waals surface area contributed by atoms with Gasteiger partial charge in [-0.3, -0.25) is 4.79 Å². The zero-order valence-corrected chi connectivity index (χ0v) is 16.7. The molecule has 154 valence electrons. The molecule has 0 aliphatic heterocycles. The van der Waals surface area contributed by atoms with Crippen molar-refractivity contribution in [2.45, 2.75) is 70.1 Å². The Morgan fingerprint density at radius 2 is 2.14 bits per heavy atom. The topological polar surface area (TPSA) is 127 Å². The molecule has 1 fully saturated rings. The van der Waals surface area contributed by atoms with Gasteiger partial charge in [-0.15, -0.1) is 0 Å². The first-order chi connectivity index (χ1) is 13.4. The van der Waals surface area contributed by atoms with E-state index < -0.39 is 18.2 Å². The number of aliphatic hydroxyl groups excluding tert-OH is 1. The number of benzene rings is 1. The van der Waals surface area contributed by atoms with Crippen molar-refractivity contribution < 1.29 is 14.3 Å². The maximum absolute atomic E-state index is 12.4. The minimum absolute atomic E-state index is 0.226. The summed E-state index contributed by atoms with van der Waals surface area (Å²) >= 11 is 0. The second-order valence-corrected chi connectivity index (χ2v) is 8.28. The van der Waals surface area contributed by atoms with E-state index in [0.29, 0.717) is 42.8 Å². The number of nitrogens with two attached hydrogens (primary N) is 2. The van der Waals surface area contributed by atoms with E-state index in [1.807, 2.05) is 26.0 Å². The zero-order valence-electron chi connectivity index (χ0n) is 16.7. The first-order valence-corrected chi connectivity index (χ1v) is 10.2. The van der Waals surface area contributed by atoms with Crippen LogP contribution in [-0.2, 0) is 4.79 Å². The minimum Gasteiger partial charge on any atom is -0.438 e. The molecule has 1 unspecified atom stereocenters.